The fourth-order valence-corrected chi connectivity index (χ4v) is 9.70. The number of fused-ring (bicyclic) bond motifs is 1. The minimum absolute atomic E-state index is 0.0504. The van der Waals surface area contributed by atoms with E-state index in [1.165, 1.54) is 14.2 Å². The van der Waals surface area contributed by atoms with Gasteiger partial charge in [0.15, 0.2) is 5.50 Å². The summed E-state index contributed by atoms with van der Waals surface area (Å²) >= 11 is 1.68. The van der Waals surface area contributed by atoms with Crippen molar-refractivity contribution in [3.05, 3.63) is 107 Å². The van der Waals surface area contributed by atoms with Gasteiger partial charge >= 0.3 is 12.2 Å². The Morgan fingerprint density at radius 2 is 1.31 bits per heavy atom. The quantitative estimate of drug-likeness (QED) is 0.119. The maximum atomic E-state index is 13.6. The largest absolute Gasteiger partial charge is 0.453 e. The lowest BCUT2D eigenvalue weighted by Crippen LogP contribution is -2.51. The average molecular weight is 887 g/mol. The van der Waals surface area contributed by atoms with E-state index in [1.54, 1.807) is 22.9 Å². The molecule has 0 bridgehead atoms. The van der Waals surface area contributed by atoms with Crippen molar-refractivity contribution in [3.8, 4) is 23.1 Å². The SMILES string of the molecule is COC(=O)NC(C(=O)N1CCCC1c1ncc(C#Cc2ccc(C3C(c4ccc(-c5cnc(C6CCCN6C(=O)C(NC(=O)OC)C(C)C)[nH]5)cc4)=NC4SC=CN43)cc2)[nH]1)C(C)C. The molecule has 0 saturated carbocycles. The maximum Gasteiger partial charge on any atom is 0.407 e. The zero-order chi connectivity index (χ0) is 45.1. The number of carbonyl (C=O) groups is 4. The fraction of sp³-hybridized carbons (Fsp3) is 0.426. The van der Waals surface area contributed by atoms with Crippen LogP contribution in [0.1, 0.15) is 106 Å². The van der Waals surface area contributed by atoms with Gasteiger partial charge in [0.1, 0.15) is 29.4 Å². The maximum absolute atomic E-state index is 13.6. The molecule has 4 amide bonds. The van der Waals surface area contributed by atoms with Crippen LogP contribution in [0.3, 0.4) is 0 Å². The molecule has 0 aliphatic carbocycles. The molecule has 2 aromatic carbocycles. The van der Waals surface area contributed by atoms with E-state index >= 15 is 0 Å². The normalized spacial score (nSPS) is 21.1. The molecule has 2 aromatic heterocycles. The van der Waals surface area contributed by atoms with Gasteiger partial charge in [-0.25, -0.2) is 19.6 Å². The van der Waals surface area contributed by atoms with Crippen molar-refractivity contribution < 1.29 is 28.7 Å². The van der Waals surface area contributed by atoms with Gasteiger partial charge in [0, 0.05) is 24.9 Å². The average Bonchev–Trinajstić information content (AvgIpc) is 4.16. The van der Waals surface area contributed by atoms with Gasteiger partial charge in [0.25, 0.3) is 0 Å². The van der Waals surface area contributed by atoms with Gasteiger partial charge in [0.05, 0.1) is 56.1 Å². The predicted molar refractivity (Wildman–Crippen MR) is 242 cm³/mol. The van der Waals surface area contributed by atoms with Crippen molar-refractivity contribution in [1.29, 1.82) is 0 Å². The smallest absolute Gasteiger partial charge is 0.407 e. The number of aromatic amines is 2. The van der Waals surface area contributed by atoms with Gasteiger partial charge in [-0.3, -0.25) is 14.6 Å². The number of benzene rings is 2. The fourth-order valence-electron chi connectivity index (χ4n) is 8.84. The van der Waals surface area contributed by atoms with Crippen molar-refractivity contribution in [2.75, 3.05) is 27.3 Å². The Balaban J connectivity index is 0.938. The van der Waals surface area contributed by atoms with Crippen LogP contribution in [-0.4, -0.2) is 109 Å². The standard InChI is InChI=1S/C47H54N10O6S/c1-27(2)37(53-46(60)62-5)43(58)55-21-7-9-35(55)41-48-25-33(50-41)20-13-29-11-14-32(15-12-29)40-39(52-45-57(40)23-24-64-45)31-18-16-30(17-19-31)34-26-49-42(51-34)36-10-8-22-56(36)44(59)38(28(3)4)54-47(61)63-6/h11-12,14-19,23-28,35-38,40,45H,7-10,21-22H2,1-6H3,(H,48,50)(H,49,51)(H,53,60)(H,54,61). The van der Waals surface area contributed by atoms with Crippen LogP contribution in [0.15, 0.2) is 77.5 Å². The van der Waals surface area contributed by atoms with E-state index in [9.17, 15) is 19.2 Å². The number of hydrogen-bond donors (Lipinski definition) is 4. The lowest BCUT2D eigenvalue weighted by atomic mass is 9.95. The second kappa shape index (κ2) is 19.1. The number of thioether (sulfide) groups is 1. The van der Waals surface area contributed by atoms with E-state index in [0.717, 1.165) is 59.3 Å². The third-order valence-electron chi connectivity index (χ3n) is 12.2. The molecule has 4 aliphatic rings. The lowest BCUT2D eigenvalue weighted by Gasteiger charge is -2.30. The summed E-state index contributed by atoms with van der Waals surface area (Å²) in [4.78, 5) is 78.3. The Hall–Kier alpha value is -6.54. The summed E-state index contributed by atoms with van der Waals surface area (Å²) in [6.45, 7) is 8.75. The molecular weight excluding hydrogens is 833 g/mol. The van der Waals surface area contributed by atoms with E-state index in [-0.39, 0.29) is 47.3 Å². The van der Waals surface area contributed by atoms with E-state index in [0.29, 0.717) is 30.4 Å². The number of alkyl carbamates (subject to hydrolysis) is 2. The van der Waals surface area contributed by atoms with E-state index in [1.807, 2.05) is 50.9 Å². The molecule has 6 heterocycles. The Labute approximate surface area is 377 Å². The molecule has 8 rings (SSSR count). The Morgan fingerprint density at radius 3 is 1.89 bits per heavy atom. The number of aromatic nitrogens is 4. The molecule has 4 aromatic rings. The molecule has 334 valence electrons. The van der Waals surface area contributed by atoms with Crippen LogP contribution in [0, 0.1) is 23.7 Å². The van der Waals surface area contributed by atoms with Crippen LogP contribution >= 0.6 is 11.8 Å². The summed E-state index contributed by atoms with van der Waals surface area (Å²) in [5.74, 6) is 7.32. The summed E-state index contributed by atoms with van der Waals surface area (Å²) in [5.41, 5.74) is 6.34. The van der Waals surface area contributed by atoms with Gasteiger partial charge in [0.2, 0.25) is 11.8 Å². The van der Waals surface area contributed by atoms with Crippen LogP contribution in [0.5, 0.6) is 0 Å². The highest BCUT2D eigenvalue weighted by Crippen LogP contribution is 2.42. The first-order chi connectivity index (χ1) is 30.9. The molecule has 0 radical (unpaired) electrons. The monoisotopic (exact) mass is 886 g/mol. The van der Waals surface area contributed by atoms with E-state index in [4.69, 9.17) is 19.5 Å². The molecule has 64 heavy (non-hydrogen) atoms. The molecule has 4 aliphatic heterocycles. The molecule has 2 fully saturated rings. The van der Waals surface area contributed by atoms with Gasteiger partial charge in [-0.15, -0.1) is 0 Å². The third kappa shape index (κ3) is 9.10. The van der Waals surface area contributed by atoms with Crippen molar-refractivity contribution >= 4 is 41.5 Å². The summed E-state index contributed by atoms with van der Waals surface area (Å²) in [6.07, 6.45) is 7.54. The van der Waals surface area contributed by atoms with Gasteiger partial charge in [-0.1, -0.05) is 81.8 Å². The number of aliphatic imine (C=N–C) groups is 1. The molecule has 4 N–H and O–H groups in total. The zero-order valence-electron chi connectivity index (χ0n) is 36.8. The molecule has 2 saturated heterocycles. The summed E-state index contributed by atoms with van der Waals surface area (Å²) in [6, 6.07) is 14.6. The highest BCUT2D eigenvalue weighted by Gasteiger charge is 2.40. The number of H-pyrrole nitrogens is 2. The Morgan fingerprint density at radius 1 is 0.750 bits per heavy atom. The number of nitrogens with zero attached hydrogens (tertiary/aromatic N) is 6. The number of imidazole rings is 2. The summed E-state index contributed by atoms with van der Waals surface area (Å²) in [7, 11) is 2.58. The number of ether oxygens (including phenoxy) is 2. The van der Waals surface area contributed by atoms with Crippen molar-refractivity contribution in [2.24, 2.45) is 16.8 Å². The summed E-state index contributed by atoms with van der Waals surface area (Å²) < 4.78 is 9.54. The highest BCUT2D eigenvalue weighted by atomic mass is 32.2. The first-order valence-corrected chi connectivity index (χ1v) is 22.7. The summed E-state index contributed by atoms with van der Waals surface area (Å²) in [5, 5.41) is 7.47. The molecule has 6 unspecified atom stereocenters. The third-order valence-corrected chi connectivity index (χ3v) is 13.1. The number of amides is 4. The number of nitrogens with one attached hydrogen (secondary N) is 4. The number of carbonyl (C=O) groups excluding carboxylic acids is 4. The number of hydrogen-bond acceptors (Lipinski definition) is 11. The number of rotatable bonds is 11. The van der Waals surface area contributed by atoms with Crippen LogP contribution in [0.2, 0.25) is 0 Å². The van der Waals surface area contributed by atoms with Gasteiger partial charge < -0.3 is 44.8 Å². The minimum Gasteiger partial charge on any atom is -0.453 e. The Bertz CT molecular complexity index is 2490. The number of likely N-dealkylation sites (tertiary alicyclic amines) is 2. The second-order valence-corrected chi connectivity index (χ2v) is 18.0. The van der Waals surface area contributed by atoms with Gasteiger partial charge in [-0.2, -0.15) is 0 Å². The van der Waals surface area contributed by atoms with Crippen LogP contribution in [-0.2, 0) is 19.1 Å². The second-order valence-electron chi connectivity index (χ2n) is 17.0. The molecule has 6 atom stereocenters. The first-order valence-electron chi connectivity index (χ1n) is 21.7. The van der Waals surface area contributed by atoms with Crippen molar-refractivity contribution in [3.63, 3.8) is 0 Å². The van der Waals surface area contributed by atoms with Crippen molar-refractivity contribution in [2.45, 2.75) is 89.1 Å². The van der Waals surface area contributed by atoms with Crippen molar-refractivity contribution in [1.82, 2.24) is 45.3 Å². The van der Waals surface area contributed by atoms with Crippen LogP contribution in [0.4, 0.5) is 9.59 Å². The number of methoxy groups -OCH3 is 2. The zero-order valence-corrected chi connectivity index (χ0v) is 37.6. The molecule has 17 heteroatoms. The molecular formula is C47H54N10O6S. The first kappa shape index (κ1) is 44.1. The molecule has 0 spiro atoms. The van der Waals surface area contributed by atoms with E-state index < -0.39 is 24.3 Å². The van der Waals surface area contributed by atoms with Crippen LogP contribution in [0.25, 0.3) is 11.3 Å². The lowest BCUT2D eigenvalue weighted by molar-refractivity contribution is -0.136. The van der Waals surface area contributed by atoms with E-state index in [2.05, 4.69) is 90.3 Å². The highest BCUT2D eigenvalue weighted by molar-refractivity contribution is 8.02. The van der Waals surface area contributed by atoms with Crippen LogP contribution < -0.4 is 10.6 Å². The topological polar surface area (TPSA) is 190 Å². The van der Waals surface area contributed by atoms with Gasteiger partial charge in [-0.05, 0) is 77.7 Å². The predicted octanol–water partition coefficient (Wildman–Crippen LogP) is 6.64. The molecule has 16 nitrogen and oxygen atoms in total. The Kier molecular flexibility index (Phi) is 13.1. The minimum atomic E-state index is -0.704.